The highest BCUT2D eigenvalue weighted by molar-refractivity contribution is 6.06. The quantitative estimate of drug-likeness (QED) is 0.841. The topological polar surface area (TPSA) is 69.1 Å². The third kappa shape index (κ3) is 2.45. The van der Waals surface area contributed by atoms with Gasteiger partial charge in [0.1, 0.15) is 0 Å². The van der Waals surface area contributed by atoms with Crippen LogP contribution in [-0.4, -0.2) is 11.9 Å². The van der Waals surface area contributed by atoms with E-state index in [1.165, 1.54) is 5.56 Å². The molecule has 17 heavy (non-hydrogen) atoms. The van der Waals surface area contributed by atoms with Gasteiger partial charge < -0.3 is 11.5 Å². The molecule has 1 amide bonds. The van der Waals surface area contributed by atoms with Crippen LogP contribution in [0.25, 0.3) is 10.8 Å². The summed E-state index contributed by atoms with van der Waals surface area (Å²) in [5, 5.41) is 1.92. The van der Waals surface area contributed by atoms with E-state index < -0.39 is 5.91 Å². The third-order valence-corrected chi connectivity index (χ3v) is 2.77. The molecule has 3 heteroatoms. The monoisotopic (exact) mass is 228 g/mol. The predicted octanol–water partition coefficient (Wildman–Crippen LogP) is 1.83. The lowest BCUT2D eigenvalue weighted by atomic mass is 9.99. The molecular formula is C14H16N2O. The van der Waals surface area contributed by atoms with Crippen LogP contribution < -0.4 is 11.5 Å². The van der Waals surface area contributed by atoms with Gasteiger partial charge in [0.05, 0.1) is 0 Å². The average molecular weight is 228 g/mol. The molecule has 0 spiro atoms. The molecule has 2 aromatic carbocycles. The third-order valence-electron chi connectivity index (χ3n) is 2.77. The Morgan fingerprint density at radius 3 is 2.71 bits per heavy atom. The van der Waals surface area contributed by atoms with Crippen molar-refractivity contribution >= 4 is 16.7 Å². The highest BCUT2D eigenvalue weighted by Gasteiger charge is 2.06. The minimum atomic E-state index is -0.393. The molecule has 1 atom stereocenters. The summed E-state index contributed by atoms with van der Waals surface area (Å²) >= 11 is 0. The first-order valence-corrected chi connectivity index (χ1v) is 5.65. The first-order chi connectivity index (χ1) is 8.08. The Morgan fingerprint density at radius 2 is 2.06 bits per heavy atom. The van der Waals surface area contributed by atoms with E-state index in [4.69, 9.17) is 11.5 Å². The van der Waals surface area contributed by atoms with E-state index in [-0.39, 0.29) is 6.04 Å². The summed E-state index contributed by atoms with van der Waals surface area (Å²) in [6, 6.07) is 11.7. The van der Waals surface area contributed by atoms with Crippen LogP contribution >= 0.6 is 0 Å². The summed E-state index contributed by atoms with van der Waals surface area (Å²) < 4.78 is 0. The van der Waals surface area contributed by atoms with Crippen molar-refractivity contribution in [2.75, 3.05) is 0 Å². The van der Waals surface area contributed by atoms with Gasteiger partial charge >= 0.3 is 0 Å². The summed E-state index contributed by atoms with van der Waals surface area (Å²) in [5.74, 6) is -0.393. The molecule has 0 saturated carbocycles. The Hall–Kier alpha value is -1.87. The van der Waals surface area contributed by atoms with Crippen molar-refractivity contribution in [1.82, 2.24) is 0 Å². The Kier molecular flexibility index (Phi) is 3.11. The largest absolute Gasteiger partial charge is 0.366 e. The number of benzene rings is 2. The van der Waals surface area contributed by atoms with E-state index in [9.17, 15) is 4.79 Å². The van der Waals surface area contributed by atoms with Crippen molar-refractivity contribution in [2.45, 2.75) is 19.4 Å². The van der Waals surface area contributed by atoms with Gasteiger partial charge in [0.15, 0.2) is 0 Å². The zero-order valence-corrected chi connectivity index (χ0v) is 9.81. The van der Waals surface area contributed by atoms with E-state index in [1.54, 1.807) is 6.07 Å². The van der Waals surface area contributed by atoms with Crippen LogP contribution in [0.5, 0.6) is 0 Å². The van der Waals surface area contributed by atoms with E-state index in [0.717, 1.165) is 17.2 Å². The molecule has 0 saturated heterocycles. The minimum Gasteiger partial charge on any atom is -0.366 e. The predicted molar refractivity (Wildman–Crippen MR) is 69.8 cm³/mol. The lowest BCUT2D eigenvalue weighted by Crippen LogP contribution is -2.17. The van der Waals surface area contributed by atoms with Gasteiger partial charge in [-0.05, 0) is 35.7 Å². The maximum absolute atomic E-state index is 11.3. The number of fused-ring (bicyclic) bond motifs is 1. The van der Waals surface area contributed by atoms with Crippen molar-refractivity contribution in [2.24, 2.45) is 11.5 Å². The zero-order chi connectivity index (χ0) is 12.4. The van der Waals surface area contributed by atoms with Gasteiger partial charge in [0, 0.05) is 11.6 Å². The lowest BCUT2D eigenvalue weighted by molar-refractivity contribution is 0.100. The Bertz CT molecular complexity index is 561. The van der Waals surface area contributed by atoms with Crippen molar-refractivity contribution < 1.29 is 4.79 Å². The van der Waals surface area contributed by atoms with Crippen LogP contribution in [0.1, 0.15) is 22.8 Å². The minimum absolute atomic E-state index is 0.131. The fourth-order valence-electron chi connectivity index (χ4n) is 2.05. The first kappa shape index (κ1) is 11.6. The number of primary amides is 1. The molecule has 2 rings (SSSR count). The molecular weight excluding hydrogens is 212 g/mol. The van der Waals surface area contributed by atoms with Gasteiger partial charge in [-0.25, -0.2) is 0 Å². The molecule has 4 N–H and O–H groups in total. The van der Waals surface area contributed by atoms with Gasteiger partial charge in [0.25, 0.3) is 0 Å². The number of nitrogens with two attached hydrogens (primary N) is 2. The second kappa shape index (κ2) is 4.55. The second-order valence-corrected chi connectivity index (χ2v) is 4.41. The number of carbonyl (C=O) groups is 1. The highest BCUT2D eigenvalue weighted by Crippen LogP contribution is 2.20. The molecule has 0 fully saturated rings. The van der Waals surface area contributed by atoms with Gasteiger partial charge in [-0.2, -0.15) is 0 Å². The van der Waals surface area contributed by atoms with E-state index in [2.05, 4.69) is 6.07 Å². The Balaban J connectivity index is 2.53. The maximum atomic E-state index is 11.3. The maximum Gasteiger partial charge on any atom is 0.249 e. The molecule has 3 nitrogen and oxygen atoms in total. The summed E-state index contributed by atoms with van der Waals surface area (Å²) in [5.41, 5.74) is 12.9. The summed E-state index contributed by atoms with van der Waals surface area (Å²) in [6.45, 7) is 1.98. The SMILES string of the molecule is CC(N)Cc1ccc2c(C(N)=O)cccc2c1. The van der Waals surface area contributed by atoms with E-state index >= 15 is 0 Å². The van der Waals surface area contributed by atoms with Crippen LogP contribution in [0.4, 0.5) is 0 Å². The molecule has 1 unspecified atom stereocenters. The molecule has 0 aliphatic carbocycles. The number of hydrogen-bond donors (Lipinski definition) is 2. The molecule has 0 aliphatic rings. The molecule has 0 aliphatic heterocycles. The zero-order valence-electron chi connectivity index (χ0n) is 9.81. The number of hydrogen-bond acceptors (Lipinski definition) is 2. The molecule has 0 heterocycles. The summed E-state index contributed by atoms with van der Waals surface area (Å²) in [4.78, 5) is 11.3. The highest BCUT2D eigenvalue weighted by atomic mass is 16.1. The molecule has 2 aromatic rings. The van der Waals surface area contributed by atoms with Crippen molar-refractivity contribution in [3.05, 3.63) is 47.5 Å². The van der Waals surface area contributed by atoms with Gasteiger partial charge in [0.2, 0.25) is 5.91 Å². The number of carbonyl (C=O) groups excluding carboxylic acids is 1. The normalized spacial score (nSPS) is 12.6. The fourth-order valence-corrected chi connectivity index (χ4v) is 2.05. The van der Waals surface area contributed by atoms with E-state index in [0.29, 0.717) is 5.56 Å². The van der Waals surface area contributed by atoms with Crippen LogP contribution in [-0.2, 0) is 6.42 Å². The van der Waals surface area contributed by atoms with Crippen molar-refractivity contribution in [3.63, 3.8) is 0 Å². The molecule has 0 radical (unpaired) electrons. The molecule has 88 valence electrons. The van der Waals surface area contributed by atoms with Crippen LogP contribution in [0.2, 0.25) is 0 Å². The van der Waals surface area contributed by atoms with Crippen molar-refractivity contribution in [1.29, 1.82) is 0 Å². The fraction of sp³-hybridized carbons (Fsp3) is 0.214. The van der Waals surface area contributed by atoms with Gasteiger partial charge in [-0.15, -0.1) is 0 Å². The number of rotatable bonds is 3. The lowest BCUT2D eigenvalue weighted by Gasteiger charge is -2.08. The number of amides is 1. The smallest absolute Gasteiger partial charge is 0.249 e. The van der Waals surface area contributed by atoms with Crippen LogP contribution in [0, 0.1) is 0 Å². The standard InChI is InChI=1S/C14H16N2O/c1-9(15)7-10-5-6-12-11(8-10)3-2-4-13(12)14(16)17/h2-6,8-9H,7,15H2,1H3,(H2,16,17). The summed E-state index contributed by atoms with van der Waals surface area (Å²) in [7, 11) is 0. The van der Waals surface area contributed by atoms with Gasteiger partial charge in [-0.3, -0.25) is 4.79 Å². The average Bonchev–Trinajstić information content (AvgIpc) is 2.26. The Labute approximate surface area is 100 Å². The van der Waals surface area contributed by atoms with E-state index in [1.807, 2.05) is 31.2 Å². The summed E-state index contributed by atoms with van der Waals surface area (Å²) in [6.07, 6.45) is 0.830. The molecule has 0 bridgehead atoms. The van der Waals surface area contributed by atoms with Gasteiger partial charge in [-0.1, -0.05) is 30.3 Å². The Morgan fingerprint density at radius 1 is 1.29 bits per heavy atom. The van der Waals surface area contributed by atoms with Crippen molar-refractivity contribution in [3.8, 4) is 0 Å². The first-order valence-electron chi connectivity index (χ1n) is 5.65. The molecule has 0 aromatic heterocycles. The second-order valence-electron chi connectivity index (χ2n) is 4.41. The van der Waals surface area contributed by atoms with Crippen LogP contribution in [0.3, 0.4) is 0 Å². The van der Waals surface area contributed by atoms with Crippen LogP contribution in [0.15, 0.2) is 36.4 Å².